The Labute approximate surface area is 124 Å². The maximum absolute atomic E-state index is 9.30. The molecular weight excluding hydrogens is 264 g/mol. The summed E-state index contributed by atoms with van der Waals surface area (Å²) in [6.45, 7) is 6.94. The largest absolute Gasteiger partial charge is 0.419 e. The van der Waals surface area contributed by atoms with E-state index in [9.17, 15) is 5.26 Å². The van der Waals surface area contributed by atoms with Crippen LogP contribution in [0.4, 0.5) is 5.88 Å². The fourth-order valence-electron chi connectivity index (χ4n) is 2.57. The molecule has 1 aromatic heterocycles. The number of anilines is 1. The summed E-state index contributed by atoms with van der Waals surface area (Å²) in [5.41, 5.74) is 1.27. The Morgan fingerprint density at radius 1 is 1.19 bits per heavy atom. The van der Waals surface area contributed by atoms with Gasteiger partial charge in [0, 0.05) is 31.7 Å². The fourth-order valence-corrected chi connectivity index (χ4v) is 2.57. The highest BCUT2D eigenvalue weighted by atomic mass is 16.4. The zero-order valence-corrected chi connectivity index (χ0v) is 12.1. The number of nitrogens with zero attached hydrogens (tertiary/aromatic N) is 4. The lowest BCUT2D eigenvalue weighted by atomic mass is 10.2. The molecule has 5 heteroatoms. The van der Waals surface area contributed by atoms with Gasteiger partial charge in [-0.2, -0.15) is 10.2 Å². The molecule has 0 spiro atoms. The van der Waals surface area contributed by atoms with Crippen LogP contribution in [-0.4, -0.2) is 42.6 Å². The second-order valence-electron chi connectivity index (χ2n) is 5.07. The standard InChI is InChI=1S/C16H18N4O/c1-2-19-8-10-20(11-9-19)16-14(12-17)18-15(21-16)13-6-4-3-5-7-13/h3-7H,2,8-11H2,1H3. The number of nitriles is 1. The summed E-state index contributed by atoms with van der Waals surface area (Å²) in [6, 6.07) is 11.8. The van der Waals surface area contributed by atoms with E-state index in [1.54, 1.807) is 0 Å². The predicted octanol–water partition coefficient (Wildman–Crippen LogP) is 2.36. The molecule has 3 rings (SSSR count). The predicted molar refractivity (Wildman–Crippen MR) is 81.0 cm³/mol. The van der Waals surface area contributed by atoms with Crippen molar-refractivity contribution in [1.29, 1.82) is 5.26 Å². The molecule has 1 aromatic carbocycles. The fraction of sp³-hybridized carbons (Fsp3) is 0.375. The molecule has 21 heavy (non-hydrogen) atoms. The topological polar surface area (TPSA) is 56.3 Å². The molecule has 0 radical (unpaired) electrons. The van der Waals surface area contributed by atoms with Crippen molar-refractivity contribution in [1.82, 2.24) is 9.88 Å². The normalized spacial score (nSPS) is 15.9. The first kappa shape index (κ1) is 13.7. The zero-order chi connectivity index (χ0) is 14.7. The quantitative estimate of drug-likeness (QED) is 0.865. The van der Waals surface area contributed by atoms with Gasteiger partial charge in [0.1, 0.15) is 6.07 Å². The Kier molecular flexibility index (Phi) is 3.89. The van der Waals surface area contributed by atoms with Gasteiger partial charge in [-0.3, -0.25) is 0 Å². The molecule has 108 valence electrons. The molecule has 0 amide bonds. The Hall–Kier alpha value is -2.32. The van der Waals surface area contributed by atoms with Crippen molar-refractivity contribution in [2.24, 2.45) is 0 Å². The van der Waals surface area contributed by atoms with Crippen LogP contribution in [0.2, 0.25) is 0 Å². The smallest absolute Gasteiger partial charge is 0.235 e. The average molecular weight is 282 g/mol. The molecule has 0 saturated carbocycles. The van der Waals surface area contributed by atoms with Gasteiger partial charge in [-0.05, 0) is 18.7 Å². The number of oxazole rings is 1. The minimum Gasteiger partial charge on any atom is -0.419 e. The molecular formula is C16H18N4O. The zero-order valence-electron chi connectivity index (χ0n) is 12.1. The molecule has 1 aliphatic heterocycles. The Bertz CT molecular complexity index is 636. The maximum Gasteiger partial charge on any atom is 0.235 e. The van der Waals surface area contributed by atoms with Crippen molar-refractivity contribution < 1.29 is 4.42 Å². The second kappa shape index (κ2) is 5.98. The highest BCUT2D eigenvalue weighted by Crippen LogP contribution is 2.28. The molecule has 0 bridgehead atoms. The Morgan fingerprint density at radius 2 is 1.90 bits per heavy atom. The Balaban J connectivity index is 1.86. The van der Waals surface area contributed by atoms with Crippen LogP contribution in [-0.2, 0) is 0 Å². The van der Waals surface area contributed by atoms with Crippen LogP contribution < -0.4 is 4.90 Å². The molecule has 1 aliphatic rings. The van der Waals surface area contributed by atoms with Crippen LogP contribution in [0.3, 0.4) is 0 Å². The van der Waals surface area contributed by atoms with Gasteiger partial charge in [0.05, 0.1) is 0 Å². The van der Waals surface area contributed by atoms with Gasteiger partial charge in [-0.25, -0.2) is 0 Å². The molecule has 1 saturated heterocycles. The van der Waals surface area contributed by atoms with Gasteiger partial charge >= 0.3 is 0 Å². The van der Waals surface area contributed by atoms with E-state index in [1.807, 2.05) is 30.3 Å². The summed E-state index contributed by atoms with van der Waals surface area (Å²) in [6.07, 6.45) is 0. The van der Waals surface area contributed by atoms with Crippen LogP contribution in [0, 0.1) is 11.3 Å². The van der Waals surface area contributed by atoms with Crippen LogP contribution in [0.25, 0.3) is 11.5 Å². The molecule has 2 heterocycles. The van der Waals surface area contributed by atoms with E-state index < -0.39 is 0 Å². The minimum atomic E-state index is 0.374. The number of hydrogen-bond acceptors (Lipinski definition) is 5. The SMILES string of the molecule is CCN1CCN(c2oc(-c3ccccc3)nc2C#N)CC1. The van der Waals surface area contributed by atoms with E-state index >= 15 is 0 Å². The summed E-state index contributed by atoms with van der Waals surface area (Å²) < 4.78 is 5.87. The van der Waals surface area contributed by atoms with E-state index in [1.165, 1.54) is 0 Å². The van der Waals surface area contributed by atoms with Gasteiger partial charge < -0.3 is 14.2 Å². The van der Waals surface area contributed by atoms with Gasteiger partial charge in [0.25, 0.3) is 0 Å². The number of aromatic nitrogens is 1. The molecule has 0 unspecified atom stereocenters. The van der Waals surface area contributed by atoms with E-state index in [0.29, 0.717) is 17.5 Å². The molecule has 5 nitrogen and oxygen atoms in total. The van der Waals surface area contributed by atoms with Crippen LogP contribution >= 0.6 is 0 Å². The third-order valence-electron chi connectivity index (χ3n) is 3.84. The van der Waals surface area contributed by atoms with E-state index in [4.69, 9.17) is 4.42 Å². The van der Waals surface area contributed by atoms with Crippen molar-refractivity contribution >= 4 is 5.88 Å². The highest BCUT2D eigenvalue weighted by Gasteiger charge is 2.23. The van der Waals surface area contributed by atoms with Gasteiger partial charge in [0.2, 0.25) is 17.5 Å². The lowest BCUT2D eigenvalue weighted by Crippen LogP contribution is -2.46. The van der Waals surface area contributed by atoms with Crippen LogP contribution in [0.15, 0.2) is 34.7 Å². The van der Waals surface area contributed by atoms with E-state index in [2.05, 4.69) is 27.8 Å². The monoisotopic (exact) mass is 282 g/mol. The van der Waals surface area contributed by atoms with Gasteiger partial charge in [-0.1, -0.05) is 25.1 Å². The van der Waals surface area contributed by atoms with Crippen molar-refractivity contribution in [3.8, 4) is 17.5 Å². The number of benzene rings is 1. The number of piperazine rings is 1. The van der Waals surface area contributed by atoms with Crippen LogP contribution in [0.1, 0.15) is 12.6 Å². The third-order valence-corrected chi connectivity index (χ3v) is 3.84. The lowest BCUT2D eigenvalue weighted by molar-refractivity contribution is 0.266. The maximum atomic E-state index is 9.30. The summed E-state index contributed by atoms with van der Waals surface area (Å²) >= 11 is 0. The van der Waals surface area contributed by atoms with Crippen molar-refractivity contribution in [3.63, 3.8) is 0 Å². The summed E-state index contributed by atoms with van der Waals surface area (Å²) in [5.74, 6) is 1.12. The van der Waals surface area contributed by atoms with E-state index in [-0.39, 0.29) is 0 Å². The van der Waals surface area contributed by atoms with Crippen molar-refractivity contribution in [3.05, 3.63) is 36.0 Å². The average Bonchev–Trinajstić information content (AvgIpc) is 3.00. The number of rotatable bonds is 3. The molecule has 0 N–H and O–H groups in total. The highest BCUT2D eigenvalue weighted by molar-refractivity contribution is 5.59. The first-order valence-electron chi connectivity index (χ1n) is 7.25. The van der Waals surface area contributed by atoms with Crippen molar-refractivity contribution in [2.75, 3.05) is 37.6 Å². The lowest BCUT2D eigenvalue weighted by Gasteiger charge is -2.33. The second-order valence-corrected chi connectivity index (χ2v) is 5.07. The first-order valence-corrected chi connectivity index (χ1v) is 7.25. The number of likely N-dealkylation sites (N-methyl/N-ethyl adjacent to an activating group) is 1. The molecule has 2 aromatic rings. The van der Waals surface area contributed by atoms with Crippen molar-refractivity contribution in [2.45, 2.75) is 6.92 Å². The Morgan fingerprint density at radius 3 is 2.52 bits per heavy atom. The van der Waals surface area contributed by atoms with Gasteiger partial charge in [-0.15, -0.1) is 0 Å². The molecule has 1 fully saturated rings. The molecule has 0 atom stereocenters. The first-order chi connectivity index (χ1) is 10.3. The third kappa shape index (κ3) is 2.76. The summed E-state index contributed by atoms with van der Waals surface area (Å²) in [5, 5.41) is 9.30. The van der Waals surface area contributed by atoms with Crippen LogP contribution in [0.5, 0.6) is 0 Å². The number of hydrogen-bond donors (Lipinski definition) is 0. The summed E-state index contributed by atoms with van der Waals surface area (Å²) in [4.78, 5) is 8.83. The van der Waals surface area contributed by atoms with E-state index in [0.717, 1.165) is 38.3 Å². The molecule has 0 aliphatic carbocycles. The minimum absolute atomic E-state index is 0.374. The van der Waals surface area contributed by atoms with Gasteiger partial charge in [0.15, 0.2) is 0 Å². The summed E-state index contributed by atoms with van der Waals surface area (Å²) in [7, 11) is 0.